The van der Waals surface area contributed by atoms with Crippen LogP contribution in [0.2, 0.25) is 0 Å². The highest BCUT2D eigenvalue weighted by molar-refractivity contribution is 5.76. The molecule has 5 nitrogen and oxygen atoms in total. The monoisotopic (exact) mass is 412 g/mol. The summed E-state index contributed by atoms with van der Waals surface area (Å²) in [5.41, 5.74) is 3.47. The van der Waals surface area contributed by atoms with Crippen LogP contribution in [0.1, 0.15) is 58.1 Å². The Balaban J connectivity index is 2.16. The molecular formula is C25H36N2O3. The Morgan fingerprint density at radius 3 is 2.50 bits per heavy atom. The van der Waals surface area contributed by atoms with Crippen LogP contribution in [-0.4, -0.2) is 30.9 Å². The van der Waals surface area contributed by atoms with E-state index in [1.165, 1.54) is 0 Å². The molecule has 5 heteroatoms. The summed E-state index contributed by atoms with van der Waals surface area (Å²) < 4.78 is 5.82. The van der Waals surface area contributed by atoms with E-state index in [0.29, 0.717) is 19.7 Å². The van der Waals surface area contributed by atoms with Gasteiger partial charge < -0.3 is 20.5 Å². The maximum Gasteiger partial charge on any atom is 0.315 e. The fourth-order valence-corrected chi connectivity index (χ4v) is 3.25. The first kappa shape index (κ1) is 23.7. The smallest absolute Gasteiger partial charge is 0.315 e. The molecule has 0 unspecified atom stereocenters. The molecule has 0 aliphatic rings. The normalized spacial score (nSPS) is 11.3. The molecule has 0 spiro atoms. The summed E-state index contributed by atoms with van der Waals surface area (Å²) in [5.74, 6) is 0.233. The highest BCUT2D eigenvalue weighted by Crippen LogP contribution is 2.35. The van der Waals surface area contributed by atoms with Crippen molar-refractivity contribution in [3.8, 4) is 16.9 Å². The van der Waals surface area contributed by atoms with Gasteiger partial charge in [-0.15, -0.1) is 0 Å². The Kier molecular flexibility index (Phi) is 9.18. The number of rotatable bonds is 11. The Hall–Kier alpha value is -2.53. The number of aromatic hydroxyl groups is 1. The van der Waals surface area contributed by atoms with Gasteiger partial charge in [0, 0.05) is 30.7 Å². The number of carbonyl (C=O) groups is 1. The van der Waals surface area contributed by atoms with Crippen LogP contribution in [0.15, 0.2) is 42.5 Å². The number of urea groups is 1. The van der Waals surface area contributed by atoms with Gasteiger partial charge in [0.1, 0.15) is 5.75 Å². The van der Waals surface area contributed by atoms with Crippen molar-refractivity contribution < 1.29 is 14.6 Å². The second-order valence-corrected chi connectivity index (χ2v) is 8.29. The van der Waals surface area contributed by atoms with E-state index < -0.39 is 0 Å². The lowest BCUT2D eigenvalue weighted by Crippen LogP contribution is -2.35. The predicted molar refractivity (Wildman–Crippen MR) is 123 cm³/mol. The van der Waals surface area contributed by atoms with Gasteiger partial charge in [-0.25, -0.2) is 4.79 Å². The van der Waals surface area contributed by atoms with Gasteiger partial charge in [0.25, 0.3) is 0 Å². The highest BCUT2D eigenvalue weighted by atomic mass is 16.5. The van der Waals surface area contributed by atoms with E-state index in [0.717, 1.165) is 48.1 Å². The van der Waals surface area contributed by atoms with Gasteiger partial charge in [-0.05, 0) is 35.6 Å². The van der Waals surface area contributed by atoms with Crippen molar-refractivity contribution in [3.63, 3.8) is 0 Å². The van der Waals surface area contributed by atoms with Gasteiger partial charge in [-0.1, -0.05) is 70.5 Å². The molecule has 0 saturated carbocycles. The summed E-state index contributed by atoms with van der Waals surface area (Å²) in [6.07, 6.45) is 3.07. The quantitative estimate of drug-likeness (QED) is 0.435. The average Bonchev–Trinajstić information content (AvgIpc) is 2.74. The van der Waals surface area contributed by atoms with E-state index in [-0.39, 0.29) is 17.2 Å². The zero-order valence-corrected chi connectivity index (χ0v) is 18.8. The first-order valence-electron chi connectivity index (χ1n) is 10.9. The number of unbranched alkanes of at least 4 members (excludes halogenated alkanes) is 1. The van der Waals surface area contributed by atoms with Crippen molar-refractivity contribution in [3.05, 3.63) is 53.6 Å². The zero-order valence-electron chi connectivity index (χ0n) is 18.8. The summed E-state index contributed by atoms with van der Waals surface area (Å²) in [7, 11) is 0. The number of hydrogen-bond donors (Lipinski definition) is 3. The van der Waals surface area contributed by atoms with Crippen LogP contribution in [-0.2, 0) is 16.7 Å². The number of phenolic OH excluding ortho intramolecular Hbond substituents is 1. The van der Waals surface area contributed by atoms with Crippen LogP contribution < -0.4 is 10.6 Å². The molecule has 0 atom stereocenters. The molecule has 0 heterocycles. The lowest BCUT2D eigenvalue weighted by molar-refractivity contribution is 0.0924. The van der Waals surface area contributed by atoms with Crippen LogP contribution in [0.4, 0.5) is 4.79 Å². The Morgan fingerprint density at radius 1 is 1.03 bits per heavy atom. The van der Waals surface area contributed by atoms with Gasteiger partial charge in [-0.2, -0.15) is 0 Å². The van der Waals surface area contributed by atoms with E-state index in [4.69, 9.17) is 4.74 Å². The molecule has 2 aromatic carbocycles. The van der Waals surface area contributed by atoms with Gasteiger partial charge in [0.15, 0.2) is 0 Å². The van der Waals surface area contributed by atoms with Crippen molar-refractivity contribution in [1.29, 1.82) is 0 Å². The number of hydrogen-bond acceptors (Lipinski definition) is 3. The SMILES string of the molecule is CCCCOCC(C)(C)c1ccc(-c2ccccc2CNC(=O)NCCC)c(O)c1. The Labute approximate surface area is 180 Å². The lowest BCUT2D eigenvalue weighted by atomic mass is 9.84. The van der Waals surface area contributed by atoms with Gasteiger partial charge in [0.2, 0.25) is 0 Å². The van der Waals surface area contributed by atoms with E-state index >= 15 is 0 Å². The molecule has 0 aliphatic carbocycles. The summed E-state index contributed by atoms with van der Waals surface area (Å²) in [6.45, 7) is 10.8. The van der Waals surface area contributed by atoms with Gasteiger partial charge >= 0.3 is 6.03 Å². The van der Waals surface area contributed by atoms with Crippen molar-refractivity contribution in [1.82, 2.24) is 10.6 Å². The second-order valence-electron chi connectivity index (χ2n) is 8.29. The third-order valence-electron chi connectivity index (χ3n) is 5.17. The Bertz CT molecular complexity index is 818. The predicted octanol–water partition coefficient (Wildman–Crippen LogP) is 5.36. The molecule has 0 saturated heterocycles. The van der Waals surface area contributed by atoms with Crippen molar-refractivity contribution >= 4 is 6.03 Å². The van der Waals surface area contributed by atoms with Crippen LogP contribution in [0, 0.1) is 0 Å². The molecule has 0 radical (unpaired) electrons. The lowest BCUT2D eigenvalue weighted by Gasteiger charge is -2.26. The molecular weight excluding hydrogens is 376 g/mol. The standard InChI is InChI=1S/C25H36N2O3/c1-5-7-15-30-18-25(3,4)20-12-13-22(23(28)16-20)21-11-9-8-10-19(21)17-27-24(29)26-14-6-2/h8-13,16,28H,5-7,14-15,17-18H2,1-4H3,(H2,26,27,29). The summed E-state index contributed by atoms with van der Waals surface area (Å²) >= 11 is 0. The van der Waals surface area contributed by atoms with E-state index in [1.54, 1.807) is 0 Å². The third kappa shape index (κ3) is 6.77. The fraction of sp³-hybridized carbons (Fsp3) is 0.480. The average molecular weight is 413 g/mol. The summed E-state index contributed by atoms with van der Waals surface area (Å²) in [5, 5.41) is 16.5. The summed E-state index contributed by atoms with van der Waals surface area (Å²) in [4.78, 5) is 11.9. The molecule has 2 amide bonds. The topological polar surface area (TPSA) is 70.6 Å². The molecule has 164 valence electrons. The number of carbonyl (C=O) groups excluding carboxylic acids is 1. The van der Waals surface area contributed by atoms with E-state index in [2.05, 4.69) is 37.5 Å². The number of benzene rings is 2. The van der Waals surface area contributed by atoms with Gasteiger partial charge in [0.05, 0.1) is 6.61 Å². The molecule has 0 aromatic heterocycles. The van der Waals surface area contributed by atoms with Crippen LogP contribution in [0.3, 0.4) is 0 Å². The number of ether oxygens (including phenoxy) is 1. The molecule has 0 fully saturated rings. The molecule has 2 rings (SSSR count). The Morgan fingerprint density at radius 2 is 1.80 bits per heavy atom. The maximum absolute atomic E-state index is 11.9. The fourth-order valence-electron chi connectivity index (χ4n) is 3.25. The van der Waals surface area contributed by atoms with E-state index in [9.17, 15) is 9.90 Å². The largest absolute Gasteiger partial charge is 0.507 e. The first-order chi connectivity index (χ1) is 14.4. The number of nitrogens with one attached hydrogen (secondary N) is 2. The third-order valence-corrected chi connectivity index (χ3v) is 5.17. The van der Waals surface area contributed by atoms with Crippen LogP contribution in [0.5, 0.6) is 5.75 Å². The number of amides is 2. The van der Waals surface area contributed by atoms with Crippen LogP contribution >= 0.6 is 0 Å². The minimum absolute atomic E-state index is 0.184. The minimum Gasteiger partial charge on any atom is -0.507 e. The maximum atomic E-state index is 11.9. The first-order valence-corrected chi connectivity index (χ1v) is 10.9. The van der Waals surface area contributed by atoms with Crippen molar-refractivity contribution in [2.24, 2.45) is 0 Å². The second kappa shape index (κ2) is 11.6. The molecule has 0 bridgehead atoms. The number of phenols is 1. The van der Waals surface area contributed by atoms with E-state index in [1.807, 2.05) is 43.3 Å². The summed E-state index contributed by atoms with van der Waals surface area (Å²) in [6, 6.07) is 13.5. The highest BCUT2D eigenvalue weighted by Gasteiger charge is 2.22. The molecule has 2 aromatic rings. The molecule has 0 aliphatic heterocycles. The molecule has 30 heavy (non-hydrogen) atoms. The minimum atomic E-state index is -0.192. The molecule has 3 N–H and O–H groups in total. The van der Waals surface area contributed by atoms with Gasteiger partial charge in [-0.3, -0.25) is 0 Å². The van der Waals surface area contributed by atoms with Crippen molar-refractivity contribution in [2.75, 3.05) is 19.8 Å². The van der Waals surface area contributed by atoms with Crippen LogP contribution in [0.25, 0.3) is 11.1 Å². The zero-order chi connectivity index (χ0) is 22.0. The van der Waals surface area contributed by atoms with Crippen molar-refractivity contribution in [2.45, 2.75) is 58.9 Å².